The van der Waals surface area contributed by atoms with Crippen LogP contribution in [0.4, 0.5) is 0 Å². The van der Waals surface area contributed by atoms with Gasteiger partial charge in [0, 0.05) is 18.0 Å². The fourth-order valence-electron chi connectivity index (χ4n) is 1.36. The van der Waals surface area contributed by atoms with Gasteiger partial charge in [-0.2, -0.15) is 0 Å². The Balaban J connectivity index is 0.00000106. The average molecular weight is 217 g/mol. The summed E-state index contributed by atoms with van der Waals surface area (Å²) in [5, 5.41) is 0. The predicted octanol–water partition coefficient (Wildman–Crippen LogP) is 4.81. The molecule has 0 saturated carbocycles. The highest BCUT2D eigenvalue weighted by Gasteiger charge is 2.09. The molecule has 0 aliphatic heterocycles. The van der Waals surface area contributed by atoms with Crippen LogP contribution in [0.1, 0.15) is 45.2 Å². The van der Waals surface area contributed by atoms with Crippen LogP contribution in [0.2, 0.25) is 0 Å². The predicted molar refractivity (Wildman–Crippen MR) is 74.2 cm³/mol. The molecule has 1 atom stereocenters. The van der Waals surface area contributed by atoms with Gasteiger partial charge in [0.1, 0.15) is 0 Å². The van der Waals surface area contributed by atoms with Crippen molar-refractivity contribution in [1.29, 1.82) is 0 Å². The summed E-state index contributed by atoms with van der Waals surface area (Å²) in [4.78, 5) is 4.12. The second kappa shape index (κ2) is 7.86. The van der Waals surface area contributed by atoms with Crippen molar-refractivity contribution in [2.75, 3.05) is 0 Å². The van der Waals surface area contributed by atoms with Crippen LogP contribution in [-0.4, -0.2) is 4.98 Å². The third-order valence-corrected chi connectivity index (χ3v) is 2.63. The third-order valence-electron chi connectivity index (χ3n) is 2.63. The van der Waals surface area contributed by atoms with Crippen molar-refractivity contribution in [3.05, 3.63) is 42.7 Å². The Morgan fingerprint density at radius 3 is 2.62 bits per heavy atom. The highest BCUT2D eigenvalue weighted by molar-refractivity contribution is 5.72. The van der Waals surface area contributed by atoms with Gasteiger partial charge in [-0.25, -0.2) is 0 Å². The molecule has 1 aromatic heterocycles. The molecule has 88 valence electrons. The molecular weight excluding hydrogens is 194 g/mol. The van der Waals surface area contributed by atoms with E-state index in [0.717, 1.165) is 23.1 Å². The van der Waals surface area contributed by atoms with Crippen LogP contribution < -0.4 is 0 Å². The van der Waals surface area contributed by atoms with E-state index in [1.165, 1.54) is 0 Å². The van der Waals surface area contributed by atoms with E-state index in [2.05, 4.69) is 32.0 Å². The largest absolute Gasteiger partial charge is 0.264 e. The first-order valence-corrected chi connectivity index (χ1v) is 5.96. The first-order valence-electron chi connectivity index (χ1n) is 5.96. The summed E-state index contributed by atoms with van der Waals surface area (Å²) in [7, 11) is 0. The first-order chi connectivity index (χ1) is 7.70. The van der Waals surface area contributed by atoms with Crippen molar-refractivity contribution in [2.45, 2.75) is 34.1 Å². The Labute approximate surface area is 99.9 Å². The second-order valence-electron chi connectivity index (χ2n) is 3.50. The van der Waals surface area contributed by atoms with Crippen LogP contribution in [0.5, 0.6) is 0 Å². The molecule has 0 radical (unpaired) electrons. The van der Waals surface area contributed by atoms with Crippen molar-refractivity contribution < 1.29 is 0 Å². The number of allylic oxidation sites excluding steroid dienone is 1. The van der Waals surface area contributed by atoms with Gasteiger partial charge in [0.2, 0.25) is 0 Å². The van der Waals surface area contributed by atoms with E-state index in [4.69, 9.17) is 0 Å². The lowest BCUT2D eigenvalue weighted by molar-refractivity contribution is 0.718. The minimum Gasteiger partial charge on any atom is -0.264 e. The van der Waals surface area contributed by atoms with E-state index >= 15 is 0 Å². The number of hydrogen-bond donors (Lipinski definition) is 0. The van der Waals surface area contributed by atoms with Gasteiger partial charge in [0.15, 0.2) is 0 Å². The van der Waals surface area contributed by atoms with E-state index < -0.39 is 0 Å². The lowest BCUT2D eigenvalue weighted by Gasteiger charge is -2.14. The van der Waals surface area contributed by atoms with Gasteiger partial charge in [0.25, 0.3) is 0 Å². The van der Waals surface area contributed by atoms with Gasteiger partial charge in [-0.3, -0.25) is 4.98 Å². The molecule has 1 nitrogen and oxygen atoms in total. The Hall–Kier alpha value is -1.37. The lowest BCUT2D eigenvalue weighted by Crippen LogP contribution is -1.98. The minimum atomic E-state index is 0.498. The zero-order chi connectivity index (χ0) is 12.6. The molecule has 0 bridgehead atoms. The van der Waals surface area contributed by atoms with E-state index in [0.29, 0.717) is 5.92 Å². The Morgan fingerprint density at radius 1 is 1.50 bits per heavy atom. The topological polar surface area (TPSA) is 12.9 Å². The number of rotatable bonds is 4. The molecule has 0 fully saturated rings. The zero-order valence-corrected chi connectivity index (χ0v) is 11.0. The molecule has 0 saturated heterocycles. The van der Waals surface area contributed by atoms with Gasteiger partial charge < -0.3 is 0 Å². The van der Waals surface area contributed by atoms with Crippen LogP contribution in [-0.2, 0) is 0 Å². The molecule has 1 heterocycles. The monoisotopic (exact) mass is 217 g/mol. The third kappa shape index (κ3) is 3.65. The fraction of sp³-hybridized carbons (Fsp3) is 0.400. The SMILES string of the molecule is C=Cc1ccncc1C(=C)C(C)CC.CC. The van der Waals surface area contributed by atoms with Crippen LogP contribution >= 0.6 is 0 Å². The van der Waals surface area contributed by atoms with Crippen LogP contribution in [0.15, 0.2) is 31.6 Å². The van der Waals surface area contributed by atoms with Crippen molar-refractivity contribution in [2.24, 2.45) is 5.92 Å². The van der Waals surface area contributed by atoms with Crippen molar-refractivity contribution in [3.8, 4) is 0 Å². The smallest absolute Gasteiger partial charge is 0.0348 e. The summed E-state index contributed by atoms with van der Waals surface area (Å²) in [5.74, 6) is 0.498. The van der Waals surface area contributed by atoms with Crippen LogP contribution in [0.25, 0.3) is 11.6 Å². The maximum absolute atomic E-state index is 4.12. The van der Waals surface area contributed by atoms with E-state index in [9.17, 15) is 0 Å². The first kappa shape index (κ1) is 14.6. The molecule has 16 heavy (non-hydrogen) atoms. The zero-order valence-electron chi connectivity index (χ0n) is 11.0. The van der Waals surface area contributed by atoms with Crippen LogP contribution in [0, 0.1) is 5.92 Å². The molecular formula is C15H23N. The van der Waals surface area contributed by atoms with Crippen molar-refractivity contribution in [3.63, 3.8) is 0 Å². The molecule has 1 rings (SSSR count). The number of aromatic nitrogens is 1. The Bertz CT molecular complexity index is 339. The summed E-state index contributed by atoms with van der Waals surface area (Å²) in [6.07, 6.45) is 6.60. The normalized spacial score (nSPS) is 11.0. The highest BCUT2D eigenvalue weighted by Crippen LogP contribution is 2.26. The van der Waals surface area contributed by atoms with Gasteiger partial charge in [-0.1, -0.05) is 46.9 Å². The number of nitrogens with zero attached hydrogens (tertiary/aromatic N) is 1. The molecule has 1 aromatic rings. The molecule has 0 spiro atoms. The summed E-state index contributed by atoms with van der Waals surface area (Å²) in [6.45, 7) is 16.3. The molecule has 1 heteroatoms. The fourth-order valence-corrected chi connectivity index (χ4v) is 1.36. The number of pyridine rings is 1. The number of hydrogen-bond acceptors (Lipinski definition) is 1. The molecule has 0 aliphatic carbocycles. The summed E-state index contributed by atoms with van der Waals surface area (Å²) in [6, 6.07) is 1.97. The van der Waals surface area contributed by atoms with Gasteiger partial charge in [-0.05, 0) is 29.5 Å². The minimum absolute atomic E-state index is 0.498. The standard InChI is InChI=1S/C13H17N.C2H6/c1-5-10(3)11(4)13-9-14-8-7-12(13)6-2;1-2/h6-10H,2,4-5H2,1,3H3;1-2H3. The second-order valence-corrected chi connectivity index (χ2v) is 3.50. The summed E-state index contributed by atoms with van der Waals surface area (Å²) in [5.41, 5.74) is 3.39. The maximum Gasteiger partial charge on any atom is 0.0348 e. The van der Waals surface area contributed by atoms with Crippen molar-refractivity contribution in [1.82, 2.24) is 4.98 Å². The van der Waals surface area contributed by atoms with E-state index in [1.54, 1.807) is 6.20 Å². The van der Waals surface area contributed by atoms with Gasteiger partial charge >= 0.3 is 0 Å². The Kier molecular flexibility index (Phi) is 7.19. The summed E-state index contributed by atoms with van der Waals surface area (Å²) < 4.78 is 0. The average Bonchev–Trinajstić information content (AvgIpc) is 2.39. The molecule has 0 amide bonds. The molecule has 1 unspecified atom stereocenters. The highest BCUT2D eigenvalue weighted by atomic mass is 14.6. The van der Waals surface area contributed by atoms with Crippen LogP contribution in [0.3, 0.4) is 0 Å². The molecule has 0 N–H and O–H groups in total. The van der Waals surface area contributed by atoms with Gasteiger partial charge in [-0.15, -0.1) is 0 Å². The molecule has 0 aliphatic rings. The van der Waals surface area contributed by atoms with E-state index in [-0.39, 0.29) is 0 Å². The lowest BCUT2D eigenvalue weighted by atomic mass is 9.92. The van der Waals surface area contributed by atoms with Gasteiger partial charge in [0.05, 0.1) is 0 Å². The summed E-state index contributed by atoms with van der Waals surface area (Å²) >= 11 is 0. The Morgan fingerprint density at radius 2 is 2.12 bits per heavy atom. The molecule has 0 aromatic carbocycles. The van der Waals surface area contributed by atoms with E-state index in [1.807, 2.05) is 32.2 Å². The van der Waals surface area contributed by atoms with Crippen molar-refractivity contribution >= 4 is 11.6 Å². The maximum atomic E-state index is 4.12. The quantitative estimate of drug-likeness (QED) is 0.705.